The molecular weight excluding hydrogens is 496 g/mol. The number of nitrogens with zero attached hydrogens (tertiary/aromatic N) is 2. The molecule has 200 valence electrons. The summed E-state index contributed by atoms with van der Waals surface area (Å²) < 4.78 is 0. The Labute approximate surface area is 211 Å². The number of aliphatic imine (C=N–C) groups is 1. The molecule has 4 atom stereocenters. The van der Waals surface area contributed by atoms with Crippen LogP contribution in [-0.4, -0.2) is 87.1 Å². The van der Waals surface area contributed by atoms with Gasteiger partial charge in [0, 0.05) is 30.6 Å². The fourth-order valence-corrected chi connectivity index (χ4v) is 3.07. The summed E-state index contributed by atoms with van der Waals surface area (Å²) in [6.45, 7) is 0.122. The molecule has 13 N–H and O–H groups in total. The number of amides is 4. The second kappa shape index (κ2) is 15.2. The van der Waals surface area contributed by atoms with Crippen LogP contribution in [0.15, 0.2) is 17.5 Å². The maximum absolute atomic E-state index is 13.1. The summed E-state index contributed by atoms with van der Waals surface area (Å²) in [5.74, 6) is -4.87. The van der Waals surface area contributed by atoms with Crippen LogP contribution >= 0.6 is 12.6 Å². The zero-order valence-electron chi connectivity index (χ0n) is 19.3. The van der Waals surface area contributed by atoms with Crippen LogP contribution in [0, 0.1) is 0 Å². The number of carbonyl (C=O) groups excluding carboxylic acids is 4. The van der Waals surface area contributed by atoms with E-state index in [-0.39, 0.29) is 37.5 Å². The summed E-state index contributed by atoms with van der Waals surface area (Å²) in [6, 6.07) is -5.03. The first-order valence-corrected chi connectivity index (χ1v) is 11.4. The van der Waals surface area contributed by atoms with Crippen LogP contribution < -0.4 is 38.9 Å². The Morgan fingerprint density at radius 2 is 1.64 bits per heavy atom. The number of guanidine groups is 1. The Morgan fingerprint density at radius 1 is 1.03 bits per heavy atom. The van der Waals surface area contributed by atoms with Crippen LogP contribution in [0.2, 0.25) is 0 Å². The number of hydrogen-bond donors (Lipinski definition) is 10. The molecule has 0 aromatic carbocycles. The number of nitrogens with two attached hydrogens (primary N) is 4. The number of aromatic amines is 1. The van der Waals surface area contributed by atoms with Crippen molar-refractivity contribution in [2.24, 2.45) is 27.9 Å². The minimum Gasteiger partial charge on any atom is -0.480 e. The number of carbonyl (C=O) groups is 5. The molecule has 0 radical (unpaired) electrons. The van der Waals surface area contributed by atoms with Gasteiger partial charge in [-0.1, -0.05) is 0 Å². The first-order valence-electron chi connectivity index (χ1n) is 10.8. The van der Waals surface area contributed by atoms with Crippen molar-refractivity contribution in [3.8, 4) is 0 Å². The third-order valence-corrected chi connectivity index (χ3v) is 5.14. The van der Waals surface area contributed by atoms with Crippen molar-refractivity contribution in [1.29, 1.82) is 0 Å². The van der Waals surface area contributed by atoms with E-state index in [2.05, 4.69) is 43.5 Å². The lowest BCUT2D eigenvalue weighted by Gasteiger charge is -2.24. The van der Waals surface area contributed by atoms with Crippen molar-refractivity contribution in [1.82, 2.24) is 25.9 Å². The van der Waals surface area contributed by atoms with E-state index >= 15 is 0 Å². The van der Waals surface area contributed by atoms with Gasteiger partial charge in [-0.3, -0.25) is 24.2 Å². The molecule has 4 unspecified atom stereocenters. The number of aliphatic carboxylic acids is 1. The monoisotopic (exact) mass is 528 g/mol. The number of nitrogens with one attached hydrogen (secondary N) is 4. The number of imidazole rings is 1. The number of carboxylic acids is 1. The molecule has 0 saturated carbocycles. The van der Waals surface area contributed by atoms with E-state index in [0.29, 0.717) is 5.69 Å². The van der Waals surface area contributed by atoms with Gasteiger partial charge in [-0.05, 0) is 12.8 Å². The lowest BCUT2D eigenvalue weighted by Crippen LogP contribution is -2.58. The van der Waals surface area contributed by atoms with Crippen molar-refractivity contribution in [3.05, 3.63) is 18.2 Å². The van der Waals surface area contributed by atoms with Crippen LogP contribution in [0.5, 0.6) is 0 Å². The molecule has 0 aliphatic heterocycles. The summed E-state index contributed by atoms with van der Waals surface area (Å²) in [7, 11) is 0. The summed E-state index contributed by atoms with van der Waals surface area (Å²) in [5.41, 5.74) is 21.8. The molecule has 0 bridgehead atoms. The molecule has 36 heavy (non-hydrogen) atoms. The molecule has 0 aliphatic carbocycles. The summed E-state index contributed by atoms with van der Waals surface area (Å²) in [4.78, 5) is 71.4. The Balaban J connectivity index is 3.08. The van der Waals surface area contributed by atoms with E-state index in [1.807, 2.05) is 0 Å². The van der Waals surface area contributed by atoms with Crippen molar-refractivity contribution < 1.29 is 29.1 Å². The van der Waals surface area contributed by atoms with Crippen molar-refractivity contribution in [3.63, 3.8) is 0 Å². The van der Waals surface area contributed by atoms with E-state index in [4.69, 9.17) is 22.9 Å². The first-order chi connectivity index (χ1) is 16.9. The molecule has 1 heterocycles. The number of carboxylic acid groups (broad SMARTS) is 1. The van der Waals surface area contributed by atoms with Gasteiger partial charge in [-0.2, -0.15) is 12.6 Å². The van der Waals surface area contributed by atoms with Crippen LogP contribution in [0.1, 0.15) is 25.0 Å². The van der Waals surface area contributed by atoms with Crippen LogP contribution in [0.4, 0.5) is 0 Å². The van der Waals surface area contributed by atoms with E-state index < -0.39 is 60.2 Å². The fraction of sp³-hybridized carbons (Fsp3) is 0.526. The Morgan fingerprint density at radius 3 is 2.17 bits per heavy atom. The molecule has 4 amide bonds. The molecule has 0 fully saturated rings. The number of H-pyrrole nitrogens is 1. The third kappa shape index (κ3) is 11.0. The smallest absolute Gasteiger partial charge is 0.326 e. The highest BCUT2D eigenvalue weighted by Gasteiger charge is 2.31. The largest absolute Gasteiger partial charge is 0.480 e. The van der Waals surface area contributed by atoms with Crippen molar-refractivity contribution in [2.75, 3.05) is 12.3 Å². The van der Waals surface area contributed by atoms with Gasteiger partial charge in [0.1, 0.15) is 18.1 Å². The zero-order chi connectivity index (χ0) is 27.3. The van der Waals surface area contributed by atoms with Gasteiger partial charge in [-0.15, -0.1) is 0 Å². The normalized spacial score (nSPS) is 13.9. The maximum atomic E-state index is 13.1. The average Bonchev–Trinajstić information content (AvgIpc) is 3.31. The molecule has 1 aromatic rings. The molecule has 1 aromatic heterocycles. The molecule has 0 spiro atoms. The highest BCUT2D eigenvalue weighted by molar-refractivity contribution is 7.80. The Bertz CT molecular complexity index is 937. The molecule has 0 aliphatic rings. The highest BCUT2D eigenvalue weighted by atomic mass is 32.1. The Hall–Kier alpha value is -3.86. The molecule has 16 nitrogen and oxygen atoms in total. The van der Waals surface area contributed by atoms with Crippen LogP contribution in [0.25, 0.3) is 0 Å². The summed E-state index contributed by atoms with van der Waals surface area (Å²) >= 11 is 3.97. The van der Waals surface area contributed by atoms with E-state index in [9.17, 15) is 29.1 Å². The van der Waals surface area contributed by atoms with E-state index in [0.717, 1.165) is 0 Å². The van der Waals surface area contributed by atoms with Crippen molar-refractivity contribution in [2.45, 2.75) is 49.9 Å². The predicted octanol–water partition coefficient (Wildman–Crippen LogP) is -4.32. The average molecular weight is 529 g/mol. The standard InChI is InChI=1S/C19H32N10O6S/c20-10(7-36)15(31)28-12(4-9-6-24-8-26-9)17(33)27-11(2-1-3-25-19(22)23)16(32)29-13(18(34)35)5-14(21)30/h6,8,10-13,36H,1-5,7,20H2,(H2,21,30)(H,24,26)(H,27,33)(H,28,31)(H,29,32)(H,34,35)(H4,22,23,25). The quantitative estimate of drug-likeness (QED) is 0.0426. The van der Waals surface area contributed by atoms with Crippen LogP contribution in [0.3, 0.4) is 0 Å². The lowest BCUT2D eigenvalue weighted by atomic mass is 10.1. The van der Waals surface area contributed by atoms with Crippen molar-refractivity contribution >= 4 is 48.2 Å². The SMILES string of the molecule is NC(=O)CC(NC(=O)C(CCCN=C(N)N)NC(=O)C(Cc1cnc[nH]1)NC(=O)C(N)CS)C(=O)O. The minimum absolute atomic E-state index is 0.00184. The topological polar surface area (TPSA) is 287 Å². The van der Waals surface area contributed by atoms with Gasteiger partial charge in [0.15, 0.2) is 5.96 Å². The molecular formula is C19H32N10O6S. The second-order valence-electron chi connectivity index (χ2n) is 7.71. The van der Waals surface area contributed by atoms with Crippen LogP contribution in [-0.2, 0) is 30.4 Å². The lowest BCUT2D eigenvalue weighted by molar-refractivity contribution is -0.143. The van der Waals surface area contributed by atoms with E-state index in [1.165, 1.54) is 12.5 Å². The van der Waals surface area contributed by atoms with E-state index in [1.54, 1.807) is 0 Å². The van der Waals surface area contributed by atoms with Gasteiger partial charge in [-0.25, -0.2) is 9.78 Å². The van der Waals surface area contributed by atoms with Gasteiger partial charge >= 0.3 is 5.97 Å². The van der Waals surface area contributed by atoms with Gasteiger partial charge in [0.25, 0.3) is 0 Å². The number of thiol groups is 1. The predicted molar refractivity (Wildman–Crippen MR) is 131 cm³/mol. The molecule has 17 heteroatoms. The summed E-state index contributed by atoms with van der Waals surface area (Å²) in [6.07, 6.45) is 2.39. The first kappa shape index (κ1) is 30.2. The molecule has 0 saturated heterocycles. The zero-order valence-corrected chi connectivity index (χ0v) is 20.2. The summed E-state index contributed by atoms with van der Waals surface area (Å²) in [5, 5.41) is 16.5. The number of aromatic nitrogens is 2. The number of hydrogen-bond acceptors (Lipinski definition) is 9. The van der Waals surface area contributed by atoms with Gasteiger partial charge < -0.3 is 49.0 Å². The number of primary amides is 1. The fourth-order valence-electron chi connectivity index (χ4n) is 2.91. The van der Waals surface area contributed by atoms with Gasteiger partial charge in [0.2, 0.25) is 23.6 Å². The second-order valence-corrected chi connectivity index (χ2v) is 8.08. The third-order valence-electron chi connectivity index (χ3n) is 4.74. The minimum atomic E-state index is -1.61. The maximum Gasteiger partial charge on any atom is 0.326 e. The number of rotatable bonds is 16. The highest BCUT2D eigenvalue weighted by Crippen LogP contribution is 2.05. The Kier molecular flexibility index (Phi) is 12.7. The van der Waals surface area contributed by atoms with Gasteiger partial charge in [0.05, 0.1) is 18.8 Å². The molecule has 1 rings (SSSR count).